The molecule has 0 bridgehead atoms. The van der Waals surface area contributed by atoms with E-state index in [1.165, 1.54) is 19.5 Å². The summed E-state index contributed by atoms with van der Waals surface area (Å²) in [6.07, 6.45) is 2.87. The van der Waals surface area contributed by atoms with Gasteiger partial charge in [0.1, 0.15) is 5.82 Å². The van der Waals surface area contributed by atoms with Crippen LogP contribution >= 0.6 is 0 Å². The minimum atomic E-state index is -0.528. The summed E-state index contributed by atoms with van der Waals surface area (Å²) in [6.45, 7) is 0.519. The predicted molar refractivity (Wildman–Crippen MR) is 71.9 cm³/mol. The number of aromatic nitrogens is 2. The molecule has 20 heavy (non-hydrogen) atoms. The van der Waals surface area contributed by atoms with Gasteiger partial charge in [0.15, 0.2) is 5.69 Å². The van der Waals surface area contributed by atoms with Crippen LogP contribution in [0.2, 0.25) is 0 Å². The van der Waals surface area contributed by atoms with Gasteiger partial charge < -0.3 is 10.1 Å². The zero-order chi connectivity index (χ0) is 14.4. The van der Waals surface area contributed by atoms with Crippen LogP contribution in [0.3, 0.4) is 0 Å². The quantitative estimate of drug-likeness (QED) is 0.850. The van der Waals surface area contributed by atoms with Crippen LogP contribution in [0.5, 0.6) is 0 Å². The van der Waals surface area contributed by atoms with Gasteiger partial charge in [0, 0.05) is 6.54 Å². The summed E-state index contributed by atoms with van der Waals surface area (Å²) in [6, 6.07) is 9.25. The molecular formula is C14H12N4O2. The Bertz CT molecular complexity index is 647. The number of carbonyl (C=O) groups excluding carboxylic acids is 1. The van der Waals surface area contributed by atoms with Crippen LogP contribution < -0.4 is 5.32 Å². The van der Waals surface area contributed by atoms with Crippen molar-refractivity contribution in [2.45, 2.75) is 6.54 Å². The zero-order valence-electron chi connectivity index (χ0n) is 10.8. The highest BCUT2D eigenvalue weighted by Crippen LogP contribution is 2.08. The van der Waals surface area contributed by atoms with Gasteiger partial charge in [0.25, 0.3) is 0 Å². The van der Waals surface area contributed by atoms with Crippen molar-refractivity contribution in [1.82, 2.24) is 9.97 Å². The Morgan fingerprint density at radius 3 is 2.75 bits per heavy atom. The highest BCUT2D eigenvalue weighted by atomic mass is 16.5. The Morgan fingerprint density at radius 1 is 1.35 bits per heavy atom. The molecule has 0 unspecified atom stereocenters. The van der Waals surface area contributed by atoms with E-state index in [0.29, 0.717) is 17.9 Å². The number of ether oxygens (including phenoxy) is 1. The maximum atomic E-state index is 11.3. The average Bonchev–Trinajstić information content (AvgIpc) is 2.53. The molecule has 0 atom stereocenters. The number of esters is 1. The first kappa shape index (κ1) is 13.5. The molecule has 2 rings (SSSR count). The SMILES string of the molecule is COC(=O)c1cncc(NCc2ccc(C#N)cc2)n1. The number of benzene rings is 1. The van der Waals surface area contributed by atoms with E-state index in [9.17, 15) is 4.79 Å². The monoisotopic (exact) mass is 268 g/mol. The van der Waals surface area contributed by atoms with Crippen LogP contribution in [0.15, 0.2) is 36.7 Å². The van der Waals surface area contributed by atoms with Gasteiger partial charge in [-0.2, -0.15) is 5.26 Å². The number of methoxy groups -OCH3 is 1. The minimum absolute atomic E-state index is 0.150. The molecule has 2 aromatic rings. The molecule has 0 fully saturated rings. The molecule has 0 aliphatic carbocycles. The molecule has 1 aromatic heterocycles. The molecule has 0 aliphatic rings. The fourth-order valence-corrected chi connectivity index (χ4v) is 1.54. The number of hydrogen-bond acceptors (Lipinski definition) is 6. The number of anilines is 1. The smallest absolute Gasteiger partial charge is 0.358 e. The van der Waals surface area contributed by atoms with Gasteiger partial charge in [-0.1, -0.05) is 12.1 Å². The number of rotatable bonds is 4. The number of nitrogens with zero attached hydrogens (tertiary/aromatic N) is 3. The lowest BCUT2D eigenvalue weighted by Crippen LogP contribution is -2.08. The average molecular weight is 268 g/mol. The molecular weight excluding hydrogens is 256 g/mol. The van der Waals surface area contributed by atoms with Gasteiger partial charge in [-0.3, -0.25) is 4.98 Å². The molecule has 0 radical (unpaired) electrons. The number of hydrogen-bond donors (Lipinski definition) is 1. The zero-order valence-corrected chi connectivity index (χ0v) is 10.8. The third-order valence-electron chi connectivity index (χ3n) is 2.59. The summed E-state index contributed by atoms with van der Waals surface area (Å²) in [5.41, 5.74) is 1.76. The molecule has 1 aromatic carbocycles. The lowest BCUT2D eigenvalue weighted by Gasteiger charge is -2.06. The van der Waals surface area contributed by atoms with E-state index in [2.05, 4.69) is 26.1 Å². The van der Waals surface area contributed by atoms with E-state index in [0.717, 1.165) is 5.56 Å². The predicted octanol–water partition coefficient (Wildman–Crippen LogP) is 1.75. The lowest BCUT2D eigenvalue weighted by molar-refractivity contribution is 0.0593. The van der Waals surface area contributed by atoms with E-state index < -0.39 is 5.97 Å². The summed E-state index contributed by atoms with van der Waals surface area (Å²) >= 11 is 0. The minimum Gasteiger partial charge on any atom is -0.464 e. The first-order valence-corrected chi connectivity index (χ1v) is 5.86. The maximum absolute atomic E-state index is 11.3. The highest BCUT2D eigenvalue weighted by molar-refractivity contribution is 5.87. The van der Waals surface area contributed by atoms with Crippen LogP contribution in [-0.2, 0) is 11.3 Å². The van der Waals surface area contributed by atoms with Gasteiger partial charge in [0.05, 0.1) is 31.1 Å². The Morgan fingerprint density at radius 2 is 2.10 bits per heavy atom. The van der Waals surface area contributed by atoms with Crippen molar-refractivity contribution < 1.29 is 9.53 Å². The van der Waals surface area contributed by atoms with E-state index in [-0.39, 0.29) is 5.69 Å². The molecule has 6 nitrogen and oxygen atoms in total. The van der Waals surface area contributed by atoms with Crippen LogP contribution in [0, 0.1) is 11.3 Å². The molecule has 100 valence electrons. The molecule has 6 heteroatoms. The number of nitrogens with one attached hydrogen (secondary N) is 1. The van der Waals surface area contributed by atoms with E-state index in [1.807, 2.05) is 12.1 Å². The van der Waals surface area contributed by atoms with Gasteiger partial charge in [-0.25, -0.2) is 9.78 Å². The van der Waals surface area contributed by atoms with Gasteiger partial charge in [-0.05, 0) is 17.7 Å². The standard InChI is InChI=1S/C14H12N4O2/c1-20-14(19)12-8-16-9-13(18-12)17-7-11-4-2-10(6-15)3-5-11/h2-5,8-9H,7H2,1H3,(H,17,18). The molecule has 1 N–H and O–H groups in total. The Hall–Kier alpha value is -2.94. The third kappa shape index (κ3) is 3.29. The summed E-state index contributed by atoms with van der Waals surface area (Å²) < 4.78 is 4.58. The van der Waals surface area contributed by atoms with Crippen LogP contribution in [0.4, 0.5) is 5.82 Å². The van der Waals surface area contributed by atoms with Crippen LogP contribution in [0.1, 0.15) is 21.6 Å². The summed E-state index contributed by atoms with van der Waals surface area (Å²) in [7, 11) is 1.29. The molecule has 0 saturated heterocycles. The summed E-state index contributed by atoms with van der Waals surface area (Å²) in [4.78, 5) is 19.3. The Kier molecular flexibility index (Phi) is 4.24. The highest BCUT2D eigenvalue weighted by Gasteiger charge is 2.08. The van der Waals surface area contributed by atoms with Crippen LogP contribution in [-0.4, -0.2) is 23.0 Å². The van der Waals surface area contributed by atoms with Gasteiger partial charge >= 0.3 is 5.97 Å². The lowest BCUT2D eigenvalue weighted by atomic mass is 10.1. The number of carbonyl (C=O) groups is 1. The first-order valence-electron chi connectivity index (χ1n) is 5.86. The second-order valence-corrected chi connectivity index (χ2v) is 3.94. The fraction of sp³-hybridized carbons (Fsp3) is 0.143. The van der Waals surface area contributed by atoms with Crippen molar-refractivity contribution in [3.05, 3.63) is 53.5 Å². The molecule has 1 heterocycles. The van der Waals surface area contributed by atoms with Gasteiger partial charge in [-0.15, -0.1) is 0 Å². The first-order chi connectivity index (χ1) is 9.72. The van der Waals surface area contributed by atoms with Crippen molar-refractivity contribution in [2.24, 2.45) is 0 Å². The number of nitriles is 1. The van der Waals surface area contributed by atoms with Crippen LogP contribution in [0.25, 0.3) is 0 Å². The van der Waals surface area contributed by atoms with Crippen molar-refractivity contribution >= 4 is 11.8 Å². The second-order valence-electron chi connectivity index (χ2n) is 3.94. The maximum Gasteiger partial charge on any atom is 0.358 e. The fourth-order valence-electron chi connectivity index (χ4n) is 1.54. The van der Waals surface area contributed by atoms with Gasteiger partial charge in [0.2, 0.25) is 0 Å². The molecule has 0 saturated carbocycles. The third-order valence-corrected chi connectivity index (χ3v) is 2.59. The van der Waals surface area contributed by atoms with E-state index in [4.69, 9.17) is 5.26 Å². The molecule has 0 spiro atoms. The summed E-state index contributed by atoms with van der Waals surface area (Å²) in [5, 5.41) is 11.8. The van der Waals surface area contributed by atoms with E-state index >= 15 is 0 Å². The van der Waals surface area contributed by atoms with Crippen molar-refractivity contribution in [3.8, 4) is 6.07 Å². The molecule has 0 amide bonds. The second kappa shape index (κ2) is 6.29. The van der Waals surface area contributed by atoms with E-state index in [1.54, 1.807) is 12.1 Å². The topological polar surface area (TPSA) is 87.9 Å². The van der Waals surface area contributed by atoms with Crippen molar-refractivity contribution in [1.29, 1.82) is 5.26 Å². The Labute approximate surface area is 116 Å². The van der Waals surface area contributed by atoms with Crippen molar-refractivity contribution in [3.63, 3.8) is 0 Å². The molecule has 0 aliphatic heterocycles. The van der Waals surface area contributed by atoms with Crippen molar-refractivity contribution in [2.75, 3.05) is 12.4 Å². The Balaban J connectivity index is 2.03. The largest absolute Gasteiger partial charge is 0.464 e. The normalized spacial score (nSPS) is 9.60. The summed E-state index contributed by atoms with van der Waals surface area (Å²) in [5.74, 6) is -0.0446.